The number of aromatic nitrogens is 2. The molecule has 0 saturated heterocycles. The van der Waals surface area contributed by atoms with Gasteiger partial charge in [-0.2, -0.15) is 4.98 Å². The molecule has 0 aliphatic rings. The average Bonchev–Trinajstić information content (AvgIpc) is 2.90. The number of hydrogen-bond donors (Lipinski definition) is 2. The highest BCUT2D eigenvalue weighted by Crippen LogP contribution is 2.16. The van der Waals surface area contributed by atoms with Crippen molar-refractivity contribution in [3.05, 3.63) is 12.2 Å². The lowest BCUT2D eigenvalue weighted by Crippen LogP contribution is -2.26. The topological polar surface area (TPSA) is 94.0 Å². The van der Waals surface area contributed by atoms with Crippen LogP contribution < -0.4 is 11.1 Å². The third-order valence-electron chi connectivity index (χ3n) is 3.13. The van der Waals surface area contributed by atoms with Crippen molar-refractivity contribution < 1.29 is 9.32 Å². The van der Waals surface area contributed by atoms with Crippen LogP contribution in [0.2, 0.25) is 0 Å². The molecule has 19 heavy (non-hydrogen) atoms. The molecule has 0 aromatic carbocycles. The molecule has 1 atom stereocenters. The number of carbonyl (C=O) groups is 1. The van der Waals surface area contributed by atoms with Gasteiger partial charge in [0.1, 0.15) is 0 Å². The van der Waals surface area contributed by atoms with E-state index in [0.29, 0.717) is 37.7 Å². The highest BCUT2D eigenvalue weighted by Gasteiger charge is 2.10. The molecule has 0 bridgehead atoms. The second kappa shape index (κ2) is 9.49. The fourth-order valence-electron chi connectivity index (χ4n) is 2.12. The van der Waals surface area contributed by atoms with E-state index in [1.54, 1.807) is 0 Å². The first-order chi connectivity index (χ1) is 9.26. The largest absolute Gasteiger partial charge is 0.356 e. The van der Waals surface area contributed by atoms with Crippen molar-refractivity contribution in [1.29, 1.82) is 0 Å². The zero-order valence-electron chi connectivity index (χ0n) is 11.6. The Morgan fingerprint density at radius 2 is 2.32 bits per heavy atom. The van der Waals surface area contributed by atoms with E-state index < -0.39 is 0 Å². The second-order valence-electron chi connectivity index (χ2n) is 4.72. The Labute approximate surface area is 114 Å². The molecule has 1 aromatic rings. The summed E-state index contributed by atoms with van der Waals surface area (Å²) in [5.41, 5.74) is 5.58. The highest BCUT2D eigenvalue weighted by atomic mass is 16.5. The highest BCUT2D eigenvalue weighted by molar-refractivity contribution is 5.75. The van der Waals surface area contributed by atoms with Crippen molar-refractivity contribution in [2.75, 3.05) is 13.1 Å². The molecule has 0 aliphatic carbocycles. The van der Waals surface area contributed by atoms with Crippen molar-refractivity contribution in [3.63, 3.8) is 0 Å². The summed E-state index contributed by atoms with van der Waals surface area (Å²) in [6.45, 7) is 3.41. The summed E-state index contributed by atoms with van der Waals surface area (Å²) in [6, 6.07) is 0. The maximum Gasteiger partial charge on any atom is 0.220 e. The molecule has 6 heteroatoms. The second-order valence-corrected chi connectivity index (χ2v) is 4.72. The van der Waals surface area contributed by atoms with Gasteiger partial charge in [0, 0.05) is 19.4 Å². The smallest absolute Gasteiger partial charge is 0.220 e. The average molecular weight is 268 g/mol. The predicted octanol–water partition coefficient (Wildman–Crippen LogP) is 1.27. The minimum Gasteiger partial charge on any atom is -0.356 e. The summed E-state index contributed by atoms with van der Waals surface area (Å²) < 4.78 is 4.62. The third kappa shape index (κ3) is 6.91. The number of rotatable bonds is 10. The molecule has 1 rings (SSSR count). The van der Waals surface area contributed by atoms with E-state index in [2.05, 4.69) is 26.9 Å². The first-order valence-electron chi connectivity index (χ1n) is 6.98. The molecule has 108 valence electrons. The van der Waals surface area contributed by atoms with Gasteiger partial charge in [-0.3, -0.25) is 4.79 Å². The maximum absolute atomic E-state index is 11.7. The van der Waals surface area contributed by atoms with Crippen molar-refractivity contribution in [2.45, 2.75) is 45.4 Å². The van der Waals surface area contributed by atoms with Crippen LogP contribution >= 0.6 is 0 Å². The van der Waals surface area contributed by atoms with E-state index in [4.69, 9.17) is 5.73 Å². The summed E-state index contributed by atoms with van der Waals surface area (Å²) >= 11 is 0. The van der Waals surface area contributed by atoms with Crippen molar-refractivity contribution >= 4 is 5.91 Å². The van der Waals surface area contributed by atoms with Gasteiger partial charge < -0.3 is 15.6 Å². The zero-order chi connectivity index (χ0) is 13.9. The standard InChI is InChI=1S/C13H24N4O2/c1-2-3-11(6-8-14)4-5-13(18)15-9-7-12-16-10-19-17-12/h10-11H,2-9,14H2,1H3,(H,15,18). The Kier molecular flexibility index (Phi) is 7.81. The van der Waals surface area contributed by atoms with Crippen LogP contribution in [0.3, 0.4) is 0 Å². The minimum atomic E-state index is 0.0848. The van der Waals surface area contributed by atoms with E-state index in [0.717, 1.165) is 25.7 Å². The lowest BCUT2D eigenvalue weighted by Gasteiger charge is -2.14. The Morgan fingerprint density at radius 3 is 2.95 bits per heavy atom. The van der Waals surface area contributed by atoms with Gasteiger partial charge in [-0.1, -0.05) is 24.9 Å². The van der Waals surface area contributed by atoms with E-state index in [1.165, 1.54) is 6.39 Å². The predicted molar refractivity (Wildman–Crippen MR) is 72.3 cm³/mol. The van der Waals surface area contributed by atoms with Gasteiger partial charge in [-0.05, 0) is 25.3 Å². The molecular formula is C13H24N4O2. The number of nitrogens with zero attached hydrogens (tertiary/aromatic N) is 2. The lowest BCUT2D eigenvalue weighted by molar-refractivity contribution is -0.121. The number of nitrogens with two attached hydrogens (primary N) is 1. The van der Waals surface area contributed by atoms with Gasteiger partial charge in [0.2, 0.25) is 12.3 Å². The van der Waals surface area contributed by atoms with Crippen molar-refractivity contribution in [2.24, 2.45) is 11.7 Å². The quantitative estimate of drug-likeness (QED) is 0.666. The Hall–Kier alpha value is -1.43. The van der Waals surface area contributed by atoms with Crippen LogP contribution in [-0.2, 0) is 11.2 Å². The van der Waals surface area contributed by atoms with Crippen LogP contribution in [0.25, 0.3) is 0 Å². The zero-order valence-corrected chi connectivity index (χ0v) is 11.6. The summed E-state index contributed by atoms with van der Waals surface area (Å²) in [6.07, 6.45) is 6.67. The minimum absolute atomic E-state index is 0.0848. The van der Waals surface area contributed by atoms with Crippen molar-refractivity contribution in [1.82, 2.24) is 15.5 Å². The summed E-state index contributed by atoms with van der Waals surface area (Å²) in [5, 5.41) is 6.55. The monoisotopic (exact) mass is 268 g/mol. The van der Waals surface area contributed by atoms with Gasteiger partial charge in [-0.25, -0.2) is 0 Å². The molecule has 0 fully saturated rings. The molecule has 1 aromatic heterocycles. The summed E-state index contributed by atoms with van der Waals surface area (Å²) in [5.74, 6) is 1.27. The van der Waals surface area contributed by atoms with E-state index in [1.807, 2.05) is 0 Å². The number of amides is 1. The molecule has 1 unspecified atom stereocenters. The lowest BCUT2D eigenvalue weighted by atomic mass is 9.94. The third-order valence-corrected chi connectivity index (χ3v) is 3.13. The fourth-order valence-corrected chi connectivity index (χ4v) is 2.12. The first kappa shape index (κ1) is 15.6. The van der Waals surface area contributed by atoms with Crippen molar-refractivity contribution in [3.8, 4) is 0 Å². The maximum atomic E-state index is 11.7. The normalized spacial score (nSPS) is 12.3. The SMILES string of the molecule is CCCC(CCN)CCC(=O)NCCc1ncon1. The number of hydrogen-bond acceptors (Lipinski definition) is 5. The Bertz CT molecular complexity index is 334. The van der Waals surface area contributed by atoms with Gasteiger partial charge in [0.15, 0.2) is 5.82 Å². The van der Waals surface area contributed by atoms with Gasteiger partial charge in [0.05, 0.1) is 0 Å². The number of carbonyl (C=O) groups excluding carboxylic acids is 1. The molecular weight excluding hydrogens is 244 g/mol. The van der Waals surface area contributed by atoms with Crippen LogP contribution in [0.5, 0.6) is 0 Å². The van der Waals surface area contributed by atoms with Gasteiger partial charge in [0.25, 0.3) is 0 Å². The Morgan fingerprint density at radius 1 is 1.47 bits per heavy atom. The fraction of sp³-hybridized carbons (Fsp3) is 0.769. The molecule has 1 heterocycles. The van der Waals surface area contributed by atoms with Crippen LogP contribution in [0.15, 0.2) is 10.9 Å². The van der Waals surface area contributed by atoms with Crippen LogP contribution in [-0.4, -0.2) is 29.1 Å². The van der Waals surface area contributed by atoms with E-state index >= 15 is 0 Å². The van der Waals surface area contributed by atoms with Crippen LogP contribution in [0, 0.1) is 5.92 Å². The molecule has 3 N–H and O–H groups in total. The molecule has 0 saturated carbocycles. The molecule has 0 aliphatic heterocycles. The summed E-state index contributed by atoms with van der Waals surface area (Å²) in [4.78, 5) is 15.6. The molecule has 1 amide bonds. The molecule has 6 nitrogen and oxygen atoms in total. The summed E-state index contributed by atoms with van der Waals surface area (Å²) in [7, 11) is 0. The van der Waals surface area contributed by atoms with E-state index in [9.17, 15) is 4.79 Å². The number of nitrogens with one attached hydrogen (secondary N) is 1. The Balaban J connectivity index is 2.12. The van der Waals surface area contributed by atoms with Crippen LogP contribution in [0.4, 0.5) is 0 Å². The van der Waals surface area contributed by atoms with Gasteiger partial charge in [-0.15, -0.1) is 0 Å². The molecule has 0 radical (unpaired) electrons. The van der Waals surface area contributed by atoms with E-state index in [-0.39, 0.29) is 5.91 Å². The van der Waals surface area contributed by atoms with Gasteiger partial charge >= 0.3 is 0 Å². The molecule has 0 spiro atoms. The first-order valence-corrected chi connectivity index (χ1v) is 6.98. The van der Waals surface area contributed by atoms with Crippen LogP contribution in [0.1, 0.15) is 44.9 Å².